The number of alkyl halides is 2. The first-order chi connectivity index (χ1) is 12.6. The van der Waals surface area contributed by atoms with Gasteiger partial charge in [-0.15, -0.1) is 0 Å². The van der Waals surface area contributed by atoms with E-state index in [1.54, 1.807) is 36.4 Å². The highest BCUT2D eigenvalue weighted by atomic mass is 19.3. The molecule has 26 heavy (non-hydrogen) atoms. The number of halogens is 2. The van der Waals surface area contributed by atoms with Gasteiger partial charge in [-0.1, -0.05) is 66.6 Å². The van der Waals surface area contributed by atoms with Crippen LogP contribution in [0.1, 0.15) is 5.56 Å². The number of rotatable bonds is 3. The molecule has 3 rings (SSSR count). The summed E-state index contributed by atoms with van der Waals surface area (Å²) in [5.74, 6) is 3.95. The summed E-state index contributed by atoms with van der Waals surface area (Å²) in [6.45, 7) is -2.98. The smallest absolute Gasteiger partial charge is 0.259 e. The number of hydrogen-bond acceptors (Lipinski definition) is 1. The second kappa shape index (κ2) is 8.09. The zero-order valence-electron chi connectivity index (χ0n) is 13.8. The molecule has 0 atom stereocenters. The lowest BCUT2D eigenvalue weighted by molar-refractivity contribution is -0.115. The fraction of sp³-hybridized carbons (Fsp3) is 0.0455. The Morgan fingerprint density at radius 1 is 0.769 bits per heavy atom. The highest BCUT2D eigenvalue weighted by molar-refractivity contribution is 6.06. The second-order valence-electron chi connectivity index (χ2n) is 5.48. The first kappa shape index (κ1) is 17.4. The van der Waals surface area contributed by atoms with E-state index < -0.39 is 12.5 Å². The van der Waals surface area contributed by atoms with Gasteiger partial charge in [-0.2, -0.15) is 8.78 Å². The van der Waals surface area contributed by atoms with Gasteiger partial charge in [0.05, 0.1) is 5.69 Å². The van der Waals surface area contributed by atoms with Crippen molar-refractivity contribution in [1.29, 1.82) is 0 Å². The van der Waals surface area contributed by atoms with Crippen molar-refractivity contribution in [2.75, 3.05) is 4.90 Å². The van der Waals surface area contributed by atoms with Crippen LogP contribution in [-0.4, -0.2) is 12.5 Å². The highest BCUT2D eigenvalue weighted by Gasteiger charge is 2.23. The molecule has 0 radical (unpaired) electrons. The third kappa shape index (κ3) is 4.14. The Morgan fingerprint density at radius 2 is 1.31 bits per heavy atom. The molecule has 0 aromatic heterocycles. The molecule has 0 aliphatic rings. The van der Waals surface area contributed by atoms with Crippen molar-refractivity contribution in [2.45, 2.75) is 6.55 Å². The van der Waals surface area contributed by atoms with Crippen molar-refractivity contribution in [3.63, 3.8) is 0 Å². The number of carbonyl (C=O) groups excluding carboxylic acids is 1. The summed E-state index contributed by atoms with van der Waals surface area (Å²) in [7, 11) is 0. The fourth-order valence-corrected chi connectivity index (χ4v) is 2.47. The number of nitrogens with zero attached hydrogens (tertiary/aromatic N) is 1. The number of carbonyl (C=O) groups is 1. The van der Waals surface area contributed by atoms with Crippen LogP contribution >= 0.6 is 0 Å². The lowest BCUT2D eigenvalue weighted by Gasteiger charge is -2.19. The van der Waals surface area contributed by atoms with E-state index in [0.717, 1.165) is 11.1 Å². The number of amides is 1. The predicted molar refractivity (Wildman–Crippen MR) is 98.7 cm³/mol. The summed E-state index contributed by atoms with van der Waals surface area (Å²) >= 11 is 0. The molecule has 0 heterocycles. The van der Waals surface area contributed by atoms with Crippen LogP contribution in [0.25, 0.3) is 11.1 Å². The number of benzene rings is 3. The maximum atomic E-state index is 13.4. The van der Waals surface area contributed by atoms with E-state index in [4.69, 9.17) is 0 Å². The average molecular weight is 347 g/mol. The monoisotopic (exact) mass is 347 g/mol. The van der Waals surface area contributed by atoms with Crippen LogP contribution in [0.5, 0.6) is 0 Å². The molecule has 3 aromatic rings. The standard InChI is InChI=1S/C22H15F2NO/c23-22(24)25(21(26)16-11-17-7-3-1-4-8-17)20-14-12-19(13-15-20)18-9-5-2-6-10-18/h1-10,12-15,22H. The molecular formula is C22H15F2NO. The minimum atomic E-state index is -2.98. The SMILES string of the molecule is O=C(C#Cc1ccccc1)N(c1ccc(-c2ccccc2)cc1)C(F)F. The van der Waals surface area contributed by atoms with Crippen LogP contribution in [0.3, 0.4) is 0 Å². The largest absolute Gasteiger partial charge is 0.322 e. The van der Waals surface area contributed by atoms with E-state index >= 15 is 0 Å². The van der Waals surface area contributed by atoms with Gasteiger partial charge >= 0.3 is 12.5 Å². The molecule has 0 saturated heterocycles. The molecule has 1 amide bonds. The summed E-state index contributed by atoms with van der Waals surface area (Å²) in [6.07, 6.45) is 0. The van der Waals surface area contributed by atoms with E-state index in [1.807, 2.05) is 36.4 Å². The zero-order chi connectivity index (χ0) is 18.4. The van der Waals surface area contributed by atoms with Gasteiger partial charge in [-0.3, -0.25) is 4.79 Å². The molecule has 0 N–H and O–H groups in total. The van der Waals surface area contributed by atoms with E-state index in [1.165, 1.54) is 12.1 Å². The van der Waals surface area contributed by atoms with Gasteiger partial charge in [0, 0.05) is 11.5 Å². The molecule has 128 valence electrons. The van der Waals surface area contributed by atoms with Crippen molar-refractivity contribution in [3.05, 3.63) is 90.5 Å². The first-order valence-electron chi connectivity index (χ1n) is 7.99. The van der Waals surface area contributed by atoms with E-state index in [9.17, 15) is 13.6 Å². The van der Waals surface area contributed by atoms with Gasteiger partial charge in [-0.25, -0.2) is 4.90 Å². The van der Waals surface area contributed by atoms with Crippen molar-refractivity contribution in [3.8, 4) is 23.0 Å². The molecule has 4 heteroatoms. The van der Waals surface area contributed by atoms with E-state index in [2.05, 4.69) is 11.8 Å². The predicted octanol–water partition coefficient (Wildman–Crippen LogP) is 4.96. The highest BCUT2D eigenvalue weighted by Crippen LogP contribution is 2.25. The molecule has 3 aromatic carbocycles. The Kier molecular flexibility index (Phi) is 5.40. The molecular weight excluding hydrogens is 332 g/mol. The van der Waals surface area contributed by atoms with Crippen molar-refractivity contribution >= 4 is 11.6 Å². The summed E-state index contributed by atoms with van der Waals surface area (Å²) in [5, 5.41) is 0. The van der Waals surface area contributed by atoms with Gasteiger partial charge in [0.15, 0.2) is 0 Å². The van der Waals surface area contributed by atoms with Crippen LogP contribution in [0.2, 0.25) is 0 Å². The number of hydrogen-bond donors (Lipinski definition) is 0. The molecule has 0 saturated carbocycles. The maximum Gasteiger partial charge on any atom is 0.322 e. The van der Waals surface area contributed by atoms with Gasteiger partial charge in [0.25, 0.3) is 0 Å². The minimum Gasteiger partial charge on any atom is -0.259 e. The van der Waals surface area contributed by atoms with Crippen molar-refractivity contribution in [2.24, 2.45) is 0 Å². The van der Waals surface area contributed by atoms with Crippen LogP contribution in [0.15, 0.2) is 84.9 Å². The number of anilines is 1. The maximum absolute atomic E-state index is 13.4. The van der Waals surface area contributed by atoms with Gasteiger partial charge in [-0.05, 0) is 35.4 Å². The summed E-state index contributed by atoms with van der Waals surface area (Å²) < 4.78 is 26.8. The Morgan fingerprint density at radius 3 is 1.88 bits per heavy atom. The topological polar surface area (TPSA) is 20.3 Å². The van der Waals surface area contributed by atoms with Crippen LogP contribution in [-0.2, 0) is 4.79 Å². The van der Waals surface area contributed by atoms with Crippen LogP contribution < -0.4 is 4.90 Å². The summed E-state index contributed by atoms with van der Waals surface area (Å²) in [5.41, 5.74) is 2.55. The third-order valence-corrected chi connectivity index (χ3v) is 3.75. The summed E-state index contributed by atoms with van der Waals surface area (Å²) in [6, 6.07) is 24.7. The van der Waals surface area contributed by atoms with E-state index in [0.29, 0.717) is 10.5 Å². The van der Waals surface area contributed by atoms with Crippen LogP contribution in [0.4, 0.5) is 14.5 Å². The quantitative estimate of drug-likeness (QED) is 0.484. The molecule has 0 spiro atoms. The summed E-state index contributed by atoms with van der Waals surface area (Å²) in [4.78, 5) is 12.6. The fourth-order valence-electron chi connectivity index (χ4n) is 2.47. The molecule has 0 fully saturated rings. The molecule has 0 unspecified atom stereocenters. The Labute approximate surface area is 150 Å². The van der Waals surface area contributed by atoms with Crippen molar-refractivity contribution in [1.82, 2.24) is 0 Å². The Hall–Kier alpha value is -3.45. The van der Waals surface area contributed by atoms with E-state index in [-0.39, 0.29) is 5.69 Å². The lowest BCUT2D eigenvalue weighted by Crippen LogP contribution is -2.34. The Balaban J connectivity index is 1.84. The molecule has 0 aliphatic carbocycles. The molecule has 2 nitrogen and oxygen atoms in total. The van der Waals surface area contributed by atoms with Gasteiger partial charge < -0.3 is 0 Å². The van der Waals surface area contributed by atoms with Crippen molar-refractivity contribution < 1.29 is 13.6 Å². The normalized spacial score (nSPS) is 10.1. The molecule has 0 aliphatic heterocycles. The first-order valence-corrected chi connectivity index (χ1v) is 7.99. The third-order valence-electron chi connectivity index (χ3n) is 3.75. The minimum absolute atomic E-state index is 0.104. The molecule has 0 bridgehead atoms. The zero-order valence-corrected chi connectivity index (χ0v) is 13.8. The second-order valence-corrected chi connectivity index (χ2v) is 5.48. The lowest BCUT2D eigenvalue weighted by atomic mass is 10.1. The van der Waals surface area contributed by atoms with Crippen LogP contribution in [0, 0.1) is 11.8 Å². The Bertz CT molecular complexity index is 927. The average Bonchev–Trinajstić information content (AvgIpc) is 2.68. The van der Waals surface area contributed by atoms with Gasteiger partial charge in [0.1, 0.15) is 0 Å². The van der Waals surface area contributed by atoms with Gasteiger partial charge in [0.2, 0.25) is 0 Å².